The van der Waals surface area contributed by atoms with Crippen LogP contribution in [0.1, 0.15) is 41.4 Å². The van der Waals surface area contributed by atoms with E-state index in [0.717, 1.165) is 50.5 Å². The SMILES string of the molecule is CN1CCC(N2C[C@H]3C[C@H](C2)c2c(NC(=O)c4ccco4)ccc(=O)n2C3)CC1. The second kappa shape index (κ2) is 7.46. The molecular weight excluding hydrogens is 368 g/mol. The Morgan fingerprint density at radius 1 is 1.14 bits per heavy atom. The lowest BCUT2D eigenvalue weighted by Crippen LogP contribution is -2.53. The molecule has 1 amide bonds. The summed E-state index contributed by atoms with van der Waals surface area (Å²) in [7, 11) is 2.19. The number of carbonyl (C=O) groups excluding carboxylic acids is 1. The van der Waals surface area contributed by atoms with E-state index in [1.54, 1.807) is 24.3 Å². The van der Waals surface area contributed by atoms with E-state index in [0.29, 0.717) is 12.0 Å². The molecule has 2 aromatic rings. The van der Waals surface area contributed by atoms with Gasteiger partial charge in [0.15, 0.2) is 5.76 Å². The Labute approximate surface area is 170 Å². The number of likely N-dealkylation sites (tertiary alicyclic amines) is 2. The number of hydrogen-bond donors (Lipinski definition) is 1. The van der Waals surface area contributed by atoms with E-state index in [-0.39, 0.29) is 23.1 Å². The van der Waals surface area contributed by atoms with Crippen LogP contribution in [0.5, 0.6) is 0 Å². The number of aromatic nitrogens is 1. The van der Waals surface area contributed by atoms with Gasteiger partial charge in [-0.15, -0.1) is 0 Å². The Bertz CT molecular complexity index is 943. The lowest BCUT2D eigenvalue weighted by Gasteiger charge is -2.47. The third kappa shape index (κ3) is 3.53. The minimum absolute atomic E-state index is 0.0263. The number of rotatable bonds is 3. The molecule has 2 bridgehead atoms. The summed E-state index contributed by atoms with van der Waals surface area (Å²) in [5.41, 5.74) is 1.74. The highest BCUT2D eigenvalue weighted by molar-refractivity contribution is 6.02. The number of pyridine rings is 1. The van der Waals surface area contributed by atoms with Crippen molar-refractivity contribution in [2.45, 2.75) is 37.8 Å². The predicted octanol–water partition coefficient (Wildman–Crippen LogP) is 2.21. The third-order valence-corrected chi connectivity index (χ3v) is 6.82. The highest BCUT2D eigenvalue weighted by Gasteiger charge is 2.39. The molecule has 2 aromatic heterocycles. The number of piperidine rings is 2. The topological polar surface area (TPSA) is 70.7 Å². The largest absolute Gasteiger partial charge is 0.459 e. The highest BCUT2D eigenvalue weighted by Crippen LogP contribution is 2.40. The van der Waals surface area contributed by atoms with Gasteiger partial charge in [0.1, 0.15) is 0 Å². The zero-order valence-electron chi connectivity index (χ0n) is 16.8. The van der Waals surface area contributed by atoms with Crippen LogP contribution in [0.4, 0.5) is 5.69 Å². The van der Waals surface area contributed by atoms with Gasteiger partial charge in [0.25, 0.3) is 11.5 Å². The van der Waals surface area contributed by atoms with E-state index in [1.807, 2.05) is 4.57 Å². The first-order valence-electron chi connectivity index (χ1n) is 10.6. The molecule has 0 spiro atoms. The smallest absolute Gasteiger partial charge is 0.291 e. The lowest BCUT2D eigenvalue weighted by atomic mass is 9.81. The third-order valence-electron chi connectivity index (χ3n) is 6.82. The van der Waals surface area contributed by atoms with Crippen LogP contribution in [0.2, 0.25) is 0 Å². The average Bonchev–Trinajstić information content (AvgIpc) is 3.25. The van der Waals surface area contributed by atoms with Gasteiger partial charge < -0.3 is 19.2 Å². The zero-order chi connectivity index (χ0) is 20.0. The Balaban J connectivity index is 1.42. The number of carbonyl (C=O) groups is 1. The van der Waals surface area contributed by atoms with Crippen molar-refractivity contribution in [1.82, 2.24) is 14.4 Å². The van der Waals surface area contributed by atoms with Gasteiger partial charge in [0.05, 0.1) is 12.0 Å². The first-order chi connectivity index (χ1) is 14.1. The molecule has 29 heavy (non-hydrogen) atoms. The van der Waals surface area contributed by atoms with Gasteiger partial charge in [-0.05, 0) is 63.5 Å². The molecule has 3 aliphatic rings. The number of anilines is 1. The van der Waals surface area contributed by atoms with Gasteiger partial charge in [-0.2, -0.15) is 0 Å². The molecule has 2 atom stereocenters. The Morgan fingerprint density at radius 2 is 1.97 bits per heavy atom. The van der Waals surface area contributed by atoms with E-state index in [1.165, 1.54) is 19.1 Å². The van der Waals surface area contributed by atoms with Crippen LogP contribution >= 0.6 is 0 Å². The van der Waals surface area contributed by atoms with Crippen LogP contribution in [0.3, 0.4) is 0 Å². The van der Waals surface area contributed by atoms with Crippen LogP contribution in [0.25, 0.3) is 0 Å². The van der Waals surface area contributed by atoms with Gasteiger partial charge in [0, 0.05) is 43.4 Å². The number of hydrogen-bond acceptors (Lipinski definition) is 5. The van der Waals surface area contributed by atoms with Crippen LogP contribution in [-0.2, 0) is 6.54 Å². The summed E-state index contributed by atoms with van der Waals surface area (Å²) in [5, 5.41) is 2.99. The molecule has 2 fully saturated rings. The summed E-state index contributed by atoms with van der Waals surface area (Å²) < 4.78 is 7.12. The molecule has 0 saturated carbocycles. The molecule has 0 aliphatic carbocycles. The monoisotopic (exact) mass is 396 g/mol. The summed E-state index contributed by atoms with van der Waals surface area (Å²) >= 11 is 0. The van der Waals surface area contributed by atoms with Crippen LogP contribution in [-0.4, -0.2) is 59.5 Å². The average molecular weight is 396 g/mol. The van der Waals surface area contributed by atoms with Gasteiger partial charge in [-0.3, -0.25) is 14.5 Å². The fourth-order valence-corrected chi connectivity index (χ4v) is 5.41. The summed E-state index contributed by atoms with van der Waals surface area (Å²) in [5.74, 6) is 0.763. The summed E-state index contributed by atoms with van der Waals surface area (Å²) in [4.78, 5) is 30.2. The normalized spacial score (nSPS) is 25.6. The summed E-state index contributed by atoms with van der Waals surface area (Å²) in [6.07, 6.45) is 4.99. The molecule has 0 radical (unpaired) electrons. The highest BCUT2D eigenvalue weighted by atomic mass is 16.3. The number of fused-ring (bicyclic) bond motifs is 4. The Morgan fingerprint density at radius 3 is 2.72 bits per heavy atom. The molecule has 2 saturated heterocycles. The molecule has 3 aliphatic heterocycles. The molecule has 7 heteroatoms. The second-order valence-electron chi connectivity index (χ2n) is 8.80. The first-order valence-corrected chi connectivity index (χ1v) is 10.6. The minimum Gasteiger partial charge on any atom is -0.459 e. The van der Waals surface area contributed by atoms with E-state index in [2.05, 4.69) is 22.2 Å². The van der Waals surface area contributed by atoms with Crippen molar-refractivity contribution < 1.29 is 9.21 Å². The van der Waals surface area contributed by atoms with E-state index < -0.39 is 0 Å². The van der Waals surface area contributed by atoms with Crippen LogP contribution < -0.4 is 10.9 Å². The van der Waals surface area contributed by atoms with Crippen molar-refractivity contribution >= 4 is 11.6 Å². The molecule has 7 nitrogen and oxygen atoms in total. The van der Waals surface area contributed by atoms with E-state index >= 15 is 0 Å². The number of amides is 1. The quantitative estimate of drug-likeness (QED) is 0.861. The molecule has 0 aromatic carbocycles. The fraction of sp³-hybridized carbons (Fsp3) is 0.545. The van der Waals surface area contributed by atoms with Gasteiger partial charge in [0.2, 0.25) is 0 Å². The maximum atomic E-state index is 12.6. The van der Waals surface area contributed by atoms with Gasteiger partial charge >= 0.3 is 0 Å². The number of furan rings is 1. The van der Waals surface area contributed by atoms with Gasteiger partial charge in [-0.25, -0.2) is 0 Å². The van der Waals surface area contributed by atoms with Crippen molar-refractivity contribution in [3.8, 4) is 0 Å². The zero-order valence-corrected chi connectivity index (χ0v) is 16.8. The Kier molecular flexibility index (Phi) is 4.80. The number of nitrogens with zero attached hydrogens (tertiary/aromatic N) is 3. The maximum Gasteiger partial charge on any atom is 0.291 e. The van der Waals surface area contributed by atoms with Crippen molar-refractivity contribution in [1.29, 1.82) is 0 Å². The van der Waals surface area contributed by atoms with Gasteiger partial charge in [-0.1, -0.05) is 0 Å². The predicted molar refractivity (Wildman–Crippen MR) is 110 cm³/mol. The van der Waals surface area contributed by atoms with E-state index in [4.69, 9.17) is 4.42 Å². The van der Waals surface area contributed by atoms with Crippen molar-refractivity contribution in [3.63, 3.8) is 0 Å². The molecule has 5 heterocycles. The number of nitrogens with one attached hydrogen (secondary N) is 1. The molecule has 154 valence electrons. The maximum absolute atomic E-state index is 12.6. The molecule has 1 N–H and O–H groups in total. The van der Waals surface area contributed by atoms with Crippen molar-refractivity contribution in [2.75, 3.05) is 38.5 Å². The standard InChI is InChI=1S/C22H28N4O3/c1-24-8-6-17(7-9-24)25-12-15-11-16(14-25)21-18(4-5-20(27)26(21)13-15)23-22(28)19-3-2-10-29-19/h2-5,10,15-17H,6-9,11-14H2,1H3,(H,23,28)/t15-,16-/m1/s1. The van der Waals surface area contributed by atoms with Crippen molar-refractivity contribution in [3.05, 3.63) is 52.3 Å². The molecular formula is C22H28N4O3. The van der Waals surface area contributed by atoms with Crippen LogP contribution in [0, 0.1) is 5.92 Å². The van der Waals surface area contributed by atoms with Crippen LogP contribution in [0.15, 0.2) is 39.7 Å². The lowest BCUT2D eigenvalue weighted by molar-refractivity contribution is 0.0519. The summed E-state index contributed by atoms with van der Waals surface area (Å²) in [6, 6.07) is 7.29. The first kappa shape index (κ1) is 18.6. The second-order valence-corrected chi connectivity index (χ2v) is 8.80. The molecule has 0 unspecified atom stereocenters. The molecule has 5 rings (SSSR count). The minimum atomic E-state index is -0.276. The van der Waals surface area contributed by atoms with E-state index in [9.17, 15) is 9.59 Å². The fourth-order valence-electron chi connectivity index (χ4n) is 5.41. The van der Waals surface area contributed by atoms with Crippen molar-refractivity contribution in [2.24, 2.45) is 5.92 Å². The Hall–Kier alpha value is -2.38. The summed E-state index contributed by atoms with van der Waals surface area (Å²) in [6.45, 7) is 5.06.